The van der Waals surface area contributed by atoms with Gasteiger partial charge in [0.25, 0.3) is 0 Å². The molecule has 18 heavy (non-hydrogen) atoms. The van der Waals surface area contributed by atoms with Crippen LogP contribution in [0.5, 0.6) is 5.75 Å². The fourth-order valence-electron chi connectivity index (χ4n) is 2.45. The minimum absolute atomic E-state index is 0.175. The van der Waals surface area contributed by atoms with Gasteiger partial charge >= 0.3 is 0 Å². The summed E-state index contributed by atoms with van der Waals surface area (Å²) in [7, 11) is 0. The van der Waals surface area contributed by atoms with Gasteiger partial charge in [-0.2, -0.15) is 0 Å². The van der Waals surface area contributed by atoms with Crippen LogP contribution in [-0.4, -0.2) is 29.3 Å². The van der Waals surface area contributed by atoms with Crippen molar-refractivity contribution in [2.24, 2.45) is 5.92 Å². The number of aromatic nitrogens is 1. The zero-order chi connectivity index (χ0) is 12.8. The van der Waals surface area contributed by atoms with Crippen LogP contribution >= 0.6 is 0 Å². The molecule has 1 aliphatic rings. The lowest BCUT2D eigenvalue weighted by Crippen LogP contribution is -2.30. The van der Waals surface area contributed by atoms with E-state index in [-0.39, 0.29) is 6.10 Å². The topological polar surface area (TPSA) is 54.4 Å². The third-order valence-electron chi connectivity index (χ3n) is 3.47. The summed E-state index contributed by atoms with van der Waals surface area (Å²) in [5, 5.41) is 13.2. The molecule has 0 bridgehead atoms. The fraction of sp³-hybridized carbons (Fsp3) is 0.643. The Morgan fingerprint density at radius 2 is 2.28 bits per heavy atom. The smallest absolute Gasteiger partial charge is 0.168 e. The van der Waals surface area contributed by atoms with Crippen molar-refractivity contribution in [2.75, 3.05) is 18.5 Å². The molecule has 4 nitrogen and oxygen atoms in total. The molecule has 0 aromatic carbocycles. The van der Waals surface area contributed by atoms with Crippen molar-refractivity contribution >= 4 is 5.82 Å². The van der Waals surface area contributed by atoms with Crippen LogP contribution in [0.25, 0.3) is 0 Å². The minimum atomic E-state index is -0.175. The molecule has 1 aromatic heterocycles. The van der Waals surface area contributed by atoms with Gasteiger partial charge in [-0.25, -0.2) is 4.98 Å². The number of hydrogen-bond acceptors (Lipinski definition) is 4. The summed E-state index contributed by atoms with van der Waals surface area (Å²) in [5.41, 5.74) is 0. The Bertz CT molecular complexity index is 371. The summed E-state index contributed by atoms with van der Waals surface area (Å²) in [6.07, 6.45) is 5.94. The zero-order valence-corrected chi connectivity index (χ0v) is 10.9. The van der Waals surface area contributed by atoms with Gasteiger partial charge in [-0.05, 0) is 31.9 Å². The quantitative estimate of drug-likeness (QED) is 0.842. The summed E-state index contributed by atoms with van der Waals surface area (Å²) in [6, 6.07) is 3.78. The number of nitrogens with one attached hydrogen (secondary N) is 1. The van der Waals surface area contributed by atoms with Crippen molar-refractivity contribution in [3.05, 3.63) is 18.3 Å². The highest BCUT2D eigenvalue weighted by Gasteiger charge is 2.23. The molecular weight excluding hydrogens is 228 g/mol. The van der Waals surface area contributed by atoms with E-state index in [4.69, 9.17) is 4.74 Å². The number of nitrogens with zero attached hydrogens (tertiary/aromatic N) is 1. The second-order valence-corrected chi connectivity index (χ2v) is 4.78. The van der Waals surface area contributed by atoms with Crippen LogP contribution in [0.1, 0.15) is 32.6 Å². The molecule has 0 spiro atoms. The summed E-state index contributed by atoms with van der Waals surface area (Å²) in [6.45, 7) is 3.35. The lowest BCUT2D eigenvalue weighted by molar-refractivity contribution is 0.0762. The van der Waals surface area contributed by atoms with E-state index in [1.165, 1.54) is 6.42 Å². The molecule has 2 atom stereocenters. The van der Waals surface area contributed by atoms with Crippen LogP contribution in [0.3, 0.4) is 0 Å². The predicted molar refractivity (Wildman–Crippen MR) is 71.9 cm³/mol. The molecule has 1 fully saturated rings. The molecule has 2 N–H and O–H groups in total. The number of anilines is 1. The lowest BCUT2D eigenvalue weighted by Gasteiger charge is -2.28. The molecule has 100 valence electrons. The van der Waals surface area contributed by atoms with Gasteiger partial charge in [-0.1, -0.05) is 12.8 Å². The van der Waals surface area contributed by atoms with E-state index in [2.05, 4.69) is 10.3 Å². The first-order valence-electron chi connectivity index (χ1n) is 6.81. The summed E-state index contributed by atoms with van der Waals surface area (Å²) >= 11 is 0. The van der Waals surface area contributed by atoms with Crippen molar-refractivity contribution in [3.63, 3.8) is 0 Å². The van der Waals surface area contributed by atoms with E-state index in [0.29, 0.717) is 12.5 Å². The molecule has 1 saturated carbocycles. The monoisotopic (exact) mass is 250 g/mol. The van der Waals surface area contributed by atoms with E-state index in [1.807, 2.05) is 19.1 Å². The Morgan fingerprint density at radius 1 is 1.44 bits per heavy atom. The van der Waals surface area contributed by atoms with Crippen molar-refractivity contribution in [3.8, 4) is 5.75 Å². The zero-order valence-electron chi connectivity index (χ0n) is 10.9. The molecule has 1 heterocycles. The van der Waals surface area contributed by atoms with E-state index < -0.39 is 0 Å². The molecule has 1 aromatic rings. The molecule has 2 rings (SSSR count). The van der Waals surface area contributed by atoms with Gasteiger partial charge < -0.3 is 15.2 Å². The van der Waals surface area contributed by atoms with Crippen LogP contribution in [0.4, 0.5) is 5.82 Å². The summed E-state index contributed by atoms with van der Waals surface area (Å²) in [4.78, 5) is 4.29. The van der Waals surface area contributed by atoms with Crippen molar-refractivity contribution in [2.45, 2.75) is 38.7 Å². The average Bonchev–Trinajstić information content (AvgIpc) is 2.40. The Labute approximate surface area is 108 Å². The number of hydrogen-bond donors (Lipinski definition) is 2. The van der Waals surface area contributed by atoms with Crippen molar-refractivity contribution in [1.29, 1.82) is 0 Å². The largest absolute Gasteiger partial charge is 0.490 e. The second-order valence-electron chi connectivity index (χ2n) is 4.78. The molecule has 2 unspecified atom stereocenters. The second kappa shape index (κ2) is 6.59. The highest BCUT2D eigenvalue weighted by molar-refractivity contribution is 5.49. The number of ether oxygens (including phenoxy) is 1. The molecule has 0 saturated heterocycles. The number of aliphatic hydroxyl groups is 1. The number of pyridine rings is 1. The molecule has 0 aliphatic heterocycles. The maximum absolute atomic E-state index is 9.93. The summed E-state index contributed by atoms with van der Waals surface area (Å²) in [5.74, 6) is 1.89. The van der Waals surface area contributed by atoms with Crippen LogP contribution in [0.2, 0.25) is 0 Å². The maximum atomic E-state index is 9.93. The average molecular weight is 250 g/mol. The lowest BCUT2D eigenvalue weighted by atomic mass is 9.86. The Kier molecular flexibility index (Phi) is 4.81. The first-order chi connectivity index (χ1) is 8.81. The highest BCUT2D eigenvalue weighted by Crippen LogP contribution is 2.26. The molecule has 1 aliphatic carbocycles. The first kappa shape index (κ1) is 13.1. The van der Waals surface area contributed by atoms with Crippen LogP contribution in [-0.2, 0) is 0 Å². The third-order valence-corrected chi connectivity index (χ3v) is 3.47. The molecule has 0 radical (unpaired) electrons. The van der Waals surface area contributed by atoms with Gasteiger partial charge in [-0.15, -0.1) is 0 Å². The van der Waals surface area contributed by atoms with Gasteiger partial charge in [0, 0.05) is 18.7 Å². The van der Waals surface area contributed by atoms with Crippen molar-refractivity contribution < 1.29 is 9.84 Å². The summed E-state index contributed by atoms with van der Waals surface area (Å²) < 4.78 is 5.52. The van der Waals surface area contributed by atoms with Crippen LogP contribution in [0.15, 0.2) is 18.3 Å². The minimum Gasteiger partial charge on any atom is -0.490 e. The normalized spacial score (nSPS) is 23.7. The maximum Gasteiger partial charge on any atom is 0.168 e. The van der Waals surface area contributed by atoms with E-state index in [9.17, 15) is 5.11 Å². The first-order valence-corrected chi connectivity index (χ1v) is 6.81. The Hall–Kier alpha value is -1.29. The van der Waals surface area contributed by atoms with E-state index in [1.54, 1.807) is 6.20 Å². The van der Waals surface area contributed by atoms with E-state index >= 15 is 0 Å². The van der Waals surface area contributed by atoms with Gasteiger partial charge in [0.1, 0.15) is 0 Å². The highest BCUT2D eigenvalue weighted by atomic mass is 16.5. The van der Waals surface area contributed by atoms with Gasteiger partial charge in [0.15, 0.2) is 11.6 Å². The SMILES string of the molecule is CCOc1cccnc1NCC1CCCCC1O. The molecule has 0 amide bonds. The number of rotatable bonds is 5. The molecular formula is C14H22N2O2. The van der Waals surface area contributed by atoms with Gasteiger partial charge in [-0.3, -0.25) is 0 Å². The third kappa shape index (κ3) is 3.35. The van der Waals surface area contributed by atoms with E-state index in [0.717, 1.165) is 37.4 Å². The fourth-order valence-corrected chi connectivity index (χ4v) is 2.45. The Balaban J connectivity index is 1.92. The number of aliphatic hydroxyl groups excluding tert-OH is 1. The predicted octanol–water partition coefficient (Wildman–Crippen LogP) is 2.44. The Morgan fingerprint density at radius 3 is 3.06 bits per heavy atom. The molecule has 4 heteroatoms. The van der Waals surface area contributed by atoms with Crippen molar-refractivity contribution in [1.82, 2.24) is 4.98 Å². The standard InChI is InChI=1S/C14H22N2O2/c1-2-18-13-8-5-9-15-14(13)16-10-11-6-3-4-7-12(11)17/h5,8-9,11-12,17H,2-4,6-7,10H2,1H3,(H,15,16). The van der Waals surface area contributed by atoms with Crippen LogP contribution in [0, 0.1) is 5.92 Å². The van der Waals surface area contributed by atoms with Crippen LogP contribution < -0.4 is 10.1 Å². The van der Waals surface area contributed by atoms with Gasteiger partial charge in [0.05, 0.1) is 12.7 Å². The van der Waals surface area contributed by atoms with Gasteiger partial charge in [0.2, 0.25) is 0 Å².